The second kappa shape index (κ2) is 9.42. The van der Waals surface area contributed by atoms with Crippen LogP contribution in [0, 0.1) is 0 Å². The van der Waals surface area contributed by atoms with E-state index < -0.39 is 0 Å². The topological polar surface area (TPSA) is 38.7 Å². The van der Waals surface area contributed by atoms with Crippen LogP contribution < -0.4 is 0 Å². The highest BCUT2D eigenvalue weighted by Crippen LogP contribution is 2.57. The molecule has 0 aliphatic heterocycles. The lowest BCUT2D eigenvalue weighted by Crippen LogP contribution is -2.43. The van der Waals surface area contributed by atoms with Crippen molar-refractivity contribution in [2.45, 2.75) is 38.5 Å². The van der Waals surface area contributed by atoms with Crippen LogP contribution >= 0.6 is 11.3 Å². The normalized spacial score (nSPS) is 14.9. The van der Waals surface area contributed by atoms with E-state index in [2.05, 4.69) is 82.3 Å². The monoisotopic (exact) mass is 573 g/mol. The number of hydrogen-bond acceptors (Lipinski definition) is 4. The Morgan fingerprint density at radius 3 is 1.72 bits per heavy atom. The molecule has 0 amide bonds. The Morgan fingerprint density at radius 1 is 0.488 bits per heavy atom. The third-order valence-electron chi connectivity index (χ3n) is 9.68. The van der Waals surface area contributed by atoms with E-state index in [-0.39, 0.29) is 10.8 Å². The second-order valence-corrected chi connectivity index (χ2v) is 13.6. The van der Waals surface area contributed by atoms with E-state index in [1.54, 1.807) is 0 Å². The zero-order valence-electron chi connectivity index (χ0n) is 24.7. The first-order chi connectivity index (χ1) is 20.8. The van der Waals surface area contributed by atoms with Crippen LogP contribution in [-0.4, -0.2) is 15.0 Å². The fourth-order valence-corrected chi connectivity index (χ4v) is 8.06. The molecule has 3 nitrogen and oxygen atoms in total. The third kappa shape index (κ3) is 3.90. The van der Waals surface area contributed by atoms with Crippen LogP contribution in [-0.2, 0) is 10.8 Å². The van der Waals surface area contributed by atoms with Gasteiger partial charge in [-0.05, 0) is 45.9 Å². The molecule has 0 unspecified atom stereocenters. The summed E-state index contributed by atoms with van der Waals surface area (Å²) in [4.78, 5) is 14.9. The van der Waals surface area contributed by atoms with Crippen molar-refractivity contribution in [2.75, 3.05) is 0 Å². The summed E-state index contributed by atoms with van der Waals surface area (Å²) in [5.41, 5.74) is 8.46. The average Bonchev–Trinajstić information content (AvgIpc) is 3.42. The predicted octanol–water partition coefficient (Wildman–Crippen LogP) is 10.5. The maximum absolute atomic E-state index is 4.99. The summed E-state index contributed by atoms with van der Waals surface area (Å²) in [5, 5.41) is 2.54. The smallest absolute Gasteiger partial charge is 0.164 e. The van der Waals surface area contributed by atoms with Gasteiger partial charge < -0.3 is 0 Å². The molecule has 0 fully saturated rings. The van der Waals surface area contributed by atoms with Crippen LogP contribution in [0.4, 0.5) is 0 Å². The van der Waals surface area contributed by atoms with Crippen molar-refractivity contribution >= 4 is 31.5 Å². The van der Waals surface area contributed by atoms with Crippen LogP contribution in [0.3, 0.4) is 0 Å². The Labute approximate surface area is 256 Å². The number of fused-ring (bicyclic) bond motifs is 7. The van der Waals surface area contributed by atoms with Crippen LogP contribution in [0.2, 0.25) is 0 Å². The van der Waals surface area contributed by atoms with Crippen molar-refractivity contribution in [1.82, 2.24) is 15.0 Å². The van der Waals surface area contributed by atoms with Crippen molar-refractivity contribution in [3.05, 3.63) is 126 Å². The fourth-order valence-electron chi connectivity index (χ4n) is 6.67. The summed E-state index contributed by atoms with van der Waals surface area (Å²) in [5.74, 6) is 2.04. The molecule has 8 rings (SSSR count). The van der Waals surface area contributed by atoms with Crippen molar-refractivity contribution in [3.63, 3.8) is 0 Å². The molecular formula is C39H31N3S. The van der Waals surface area contributed by atoms with Gasteiger partial charge in [0.15, 0.2) is 17.5 Å². The second-order valence-electron chi connectivity index (χ2n) is 12.5. The highest BCUT2D eigenvalue weighted by molar-refractivity contribution is 7.26. The Morgan fingerprint density at radius 2 is 1.07 bits per heavy atom. The zero-order valence-corrected chi connectivity index (χ0v) is 25.5. The first-order valence-electron chi connectivity index (χ1n) is 14.8. The highest BCUT2D eigenvalue weighted by Gasteiger charge is 2.46. The molecule has 0 saturated carbocycles. The molecule has 2 heterocycles. The number of hydrogen-bond donors (Lipinski definition) is 0. The van der Waals surface area contributed by atoms with E-state index in [0.717, 1.165) is 16.7 Å². The Kier molecular flexibility index (Phi) is 5.69. The van der Waals surface area contributed by atoms with Gasteiger partial charge in [0.2, 0.25) is 0 Å². The molecule has 5 aromatic carbocycles. The van der Waals surface area contributed by atoms with E-state index in [4.69, 9.17) is 15.0 Å². The molecule has 7 aromatic rings. The minimum atomic E-state index is -0.0523. The summed E-state index contributed by atoms with van der Waals surface area (Å²) >= 11 is 1.90. The Bertz CT molecular complexity index is 2120. The largest absolute Gasteiger partial charge is 0.208 e. The van der Waals surface area contributed by atoms with Crippen LogP contribution in [0.25, 0.3) is 65.5 Å². The SMILES string of the molecule is CC1(C)c2ccccc2-c2ccc3c(sc4ccc(-c5nc(-c6ccccc6)nc(-c6ccccc6)n5)cc43)c2C1(C)C. The molecular weight excluding hydrogens is 543 g/mol. The lowest BCUT2D eigenvalue weighted by molar-refractivity contribution is 0.301. The summed E-state index contributed by atoms with van der Waals surface area (Å²) < 4.78 is 2.66. The summed E-state index contributed by atoms with van der Waals surface area (Å²) in [6.07, 6.45) is 0. The number of benzene rings is 5. The van der Waals surface area contributed by atoms with Gasteiger partial charge in [-0.2, -0.15) is 0 Å². The standard InChI is InChI=1S/C39H31N3S/c1-38(2)31-18-12-11-17-27(31)28-20-21-29-30-23-26(19-22-32(30)43-34(29)33(28)39(38,3)4)37-41-35(24-13-7-5-8-14-24)40-36(42-37)25-15-9-6-10-16-25/h5-23H,1-4H3. The number of thiophene rings is 1. The molecule has 0 radical (unpaired) electrons. The van der Waals surface area contributed by atoms with Gasteiger partial charge in [-0.25, -0.2) is 15.0 Å². The predicted molar refractivity (Wildman–Crippen MR) is 181 cm³/mol. The van der Waals surface area contributed by atoms with Crippen molar-refractivity contribution < 1.29 is 0 Å². The minimum absolute atomic E-state index is 0.0151. The molecule has 43 heavy (non-hydrogen) atoms. The third-order valence-corrected chi connectivity index (χ3v) is 10.9. The molecule has 2 aromatic heterocycles. The van der Waals surface area contributed by atoms with Gasteiger partial charge in [-0.1, -0.05) is 125 Å². The maximum Gasteiger partial charge on any atom is 0.164 e. The van der Waals surface area contributed by atoms with E-state index in [9.17, 15) is 0 Å². The van der Waals surface area contributed by atoms with Gasteiger partial charge in [0, 0.05) is 42.3 Å². The molecule has 0 atom stereocenters. The van der Waals surface area contributed by atoms with Crippen molar-refractivity contribution in [1.29, 1.82) is 0 Å². The lowest BCUT2D eigenvalue weighted by Gasteiger charge is -2.48. The lowest BCUT2D eigenvalue weighted by atomic mass is 9.55. The van der Waals surface area contributed by atoms with Crippen molar-refractivity contribution in [2.24, 2.45) is 0 Å². The molecule has 0 spiro atoms. The van der Waals surface area contributed by atoms with Crippen LogP contribution in [0.1, 0.15) is 38.8 Å². The average molecular weight is 574 g/mol. The van der Waals surface area contributed by atoms with Gasteiger partial charge in [-0.3, -0.25) is 0 Å². The molecule has 0 saturated heterocycles. The van der Waals surface area contributed by atoms with Gasteiger partial charge in [0.1, 0.15) is 0 Å². The zero-order chi connectivity index (χ0) is 29.3. The summed E-state index contributed by atoms with van der Waals surface area (Å²) in [7, 11) is 0. The van der Waals surface area contributed by atoms with E-state index in [1.165, 1.54) is 42.4 Å². The van der Waals surface area contributed by atoms with E-state index in [0.29, 0.717) is 17.5 Å². The quantitative estimate of drug-likeness (QED) is 0.211. The maximum atomic E-state index is 4.99. The van der Waals surface area contributed by atoms with Crippen LogP contribution in [0.15, 0.2) is 115 Å². The molecule has 0 N–H and O–H groups in total. The van der Waals surface area contributed by atoms with Gasteiger partial charge in [0.25, 0.3) is 0 Å². The highest BCUT2D eigenvalue weighted by atomic mass is 32.1. The van der Waals surface area contributed by atoms with E-state index in [1.807, 2.05) is 72.0 Å². The first-order valence-corrected chi connectivity index (χ1v) is 15.6. The molecule has 208 valence electrons. The Hall–Kier alpha value is -4.67. The number of nitrogens with zero attached hydrogens (tertiary/aromatic N) is 3. The number of aromatic nitrogens is 3. The summed E-state index contributed by atoms with van der Waals surface area (Å²) in [6, 6.07) is 40.6. The molecule has 0 bridgehead atoms. The molecule has 1 aliphatic carbocycles. The minimum Gasteiger partial charge on any atom is -0.208 e. The first kappa shape index (κ1) is 26.0. The van der Waals surface area contributed by atoms with Gasteiger partial charge in [-0.15, -0.1) is 11.3 Å². The fraction of sp³-hybridized carbons (Fsp3) is 0.154. The van der Waals surface area contributed by atoms with Gasteiger partial charge in [0.05, 0.1) is 0 Å². The van der Waals surface area contributed by atoms with Crippen molar-refractivity contribution in [3.8, 4) is 45.3 Å². The number of rotatable bonds is 3. The Balaban J connectivity index is 1.35. The van der Waals surface area contributed by atoms with Crippen LogP contribution in [0.5, 0.6) is 0 Å². The van der Waals surface area contributed by atoms with Gasteiger partial charge >= 0.3 is 0 Å². The van der Waals surface area contributed by atoms with E-state index >= 15 is 0 Å². The molecule has 4 heteroatoms. The molecule has 1 aliphatic rings. The summed E-state index contributed by atoms with van der Waals surface area (Å²) in [6.45, 7) is 9.62.